The molecule has 0 aromatic heterocycles. The average Bonchev–Trinajstić information content (AvgIpc) is 2.78. The minimum absolute atomic E-state index is 0.130. The van der Waals surface area contributed by atoms with E-state index in [0.717, 1.165) is 17.6 Å². The smallest absolute Gasteiger partial charge is 0.249 e. The van der Waals surface area contributed by atoms with Gasteiger partial charge < -0.3 is 14.7 Å². The first kappa shape index (κ1) is 17.2. The number of benzene rings is 1. The lowest BCUT2D eigenvalue weighted by atomic mass is 10.0. The van der Waals surface area contributed by atoms with Crippen LogP contribution in [0.1, 0.15) is 23.7 Å². The highest BCUT2D eigenvalue weighted by molar-refractivity contribution is 7.80. The van der Waals surface area contributed by atoms with Crippen LogP contribution in [0, 0.1) is 6.92 Å². The van der Waals surface area contributed by atoms with Crippen LogP contribution in [-0.4, -0.2) is 15.7 Å². The van der Waals surface area contributed by atoms with Crippen LogP contribution in [0.25, 0.3) is 0 Å². The molecule has 0 fully saturated rings. The van der Waals surface area contributed by atoms with E-state index in [0.29, 0.717) is 5.56 Å². The molecule has 1 heterocycles. The fourth-order valence-electron chi connectivity index (χ4n) is 2.50. The Morgan fingerprint density at radius 2 is 2.04 bits per heavy atom. The molecular weight excluding hydrogens is 338 g/mol. The van der Waals surface area contributed by atoms with Crippen LogP contribution in [0.5, 0.6) is 0 Å². The van der Waals surface area contributed by atoms with Crippen molar-refractivity contribution in [2.45, 2.75) is 19.4 Å². The molecule has 2 unspecified atom stereocenters. The fourth-order valence-corrected chi connectivity index (χ4v) is 3.37. The van der Waals surface area contributed by atoms with E-state index in [9.17, 15) is 9.00 Å². The zero-order valence-electron chi connectivity index (χ0n) is 13.8. The largest absolute Gasteiger partial charge is 0.460 e. The third-order valence-corrected chi connectivity index (χ3v) is 4.74. The van der Waals surface area contributed by atoms with Crippen molar-refractivity contribution in [2.75, 3.05) is 5.75 Å². The van der Waals surface area contributed by atoms with Crippen molar-refractivity contribution in [3.8, 4) is 0 Å². The minimum Gasteiger partial charge on any atom is -0.460 e. The molecule has 0 saturated carbocycles. The highest BCUT2D eigenvalue weighted by Gasteiger charge is 2.38. The zero-order valence-corrected chi connectivity index (χ0v) is 14.6. The molecular formula is C19H19NO4S. The number of rotatable bonds is 5. The van der Waals surface area contributed by atoms with Gasteiger partial charge in [-0.05, 0) is 18.9 Å². The van der Waals surface area contributed by atoms with Gasteiger partial charge in [0, 0.05) is 5.56 Å². The van der Waals surface area contributed by atoms with Crippen molar-refractivity contribution in [3.63, 3.8) is 0 Å². The predicted molar refractivity (Wildman–Crippen MR) is 96.3 cm³/mol. The third-order valence-electron chi connectivity index (χ3n) is 3.82. The number of nitrogens with two attached hydrogens (primary N) is 1. The number of hydrogen-bond donors (Lipinski definition) is 1. The first-order valence-electron chi connectivity index (χ1n) is 7.90. The summed E-state index contributed by atoms with van der Waals surface area (Å²) >= 11 is -1.72. The molecule has 2 N–H and O–H groups in total. The number of allylic oxidation sites excluding steroid dienone is 5. The van der Waals surface area contributed by atoms with Crippen molar-refractivity contribution in [1.82, 2.24) is 0 Å². The Morgan fingerprint density at radius 3 is 2.80 bits per heavy atom. The Kier molecular flexibility index (Phi) is 5.19. The van der Waals surface area contributed by atoms with Crippen molar-refractivity contribution < 1.29 is 17.9 Å². The third kappa shape index (κ3) is 4.09. The average molecular weight is 357 g/mol. The van der Waals surface area contributed by atoms with Crippen LogP contribution in [-0.2, 0) is 24.8 Å². The number of ether oxygens (including phenoxy) is 1. The van der Waals surface area contributed by atoms with Gasteiger partial charge >= 0.3 is 0 Å². The summed E-state index contributed by atoms with van der Waals surface area (Å²) in [6, 6.07) is 7.38. The molecule has 3 rings (SSSR count). The zero-order chi connectivity index (χ0) is 17.8. The summed E-state index contributed by atoms with van der Waals surface area (Å²) in [5.74, 6) is -0.549. The standard InChI is InChI=1S/C19H19NO4S/c1-13-8-10-15(11-9-13)17-16(21)18(19(20)23-17)24-25(22)12-14-6-4-2-3-5-7-14/h2,4-11,17H,3,12,20H2,1H3. The lowest BCUT2D eigenvalue weighted by Crippen LogP contribution is -2.14. The molecule has 1 aromatic carbocycles. The summed E-state index contributed by atoms with van der Waals surface area (Å²) in [7, 11) is 0. The van der Waals surface area contributed by atoms with E-state index < -0.39 is 23.0 Å². The predicted octanol–water partition coefficient (Wildman–Crippen LogP) is 2.89. The maximum Gasteiger partial charge on any atom is 0.249 e. The second-order valence-electron chi connectivity index (χ2n) is 5.81. The SMILES string of the molecule is Cc1ccc(C2OC(N)=C(OS(=O)CC3=CC=CCC=C3)C2=O)cc1. The topological polar surface area (TPSA) is 78.6 Å². The Labute approximate surface area is 149 Å². The van der Waals surface area contributed by atoms with E-state index in [4.69, 9.17) is 14.7 Å². The highest BCUT2D eigenvalue weighted by Crippen LogP contribution is 2.32. The van der Waals surface area contributed by atoms with Crippen LogP contribution in [0.15, 0.2) is 71.9 Å². The number of carbonyl (C=O) groups is 1. The minimum atomic E-state index is -1.72. The van der Waals surface area contributed by atoms with Gasteiger partial charge in [0.2, 0.25) is 28.5 Å². The molecule has 25 heavy (non-hydrogen) atoms. The molecule has 0 saturated heterocycles. The normalized spacial score (nSPS) is 20.9. The monoisotopic (exact) mass is 357 g/mol. The lowest BCUT2D eigenvalue weighted by molar-refractivity contribution is -0.123. The van der Waals surface area contributed by atoms with Gasteiger partial charge in [-0.25, -0.2) is 4.21 Å². The van der Waals surface area contributed by atoms with Crippen LogP contribution in [0.4, 0.5) is 0 Å². The first-order valence-corrected chi connectivity index (χ1v) is 9.15. The van der Waals surface area contributed by atoms with Gasteiger partial charge in [-0.2, -0.15) is 0 Å². The molecule has 0 spiro atoms. The second kappa shape index (κ2) is 7.53. The summed E-state index contributed by atoms with van der Waals surface area (Å²) in [5.41, 5.74) is 8.38. The van der Waals surface area contributed by atoms with Gasteiger partial charge in [0.1, 0.15) is 0 Å². The van der Waals surface area contributed by atoms with Gasteiger partial charge in [-0.3, -0.25) is 4.79 Å². The van der Waals surface area contributed by atoms with E-state index in [2.05, 4.69) is 0 Å². The molecule has 1 aliphatic carbocycles. The van der Waals surface area contributed by atoms with E-state index in [1.54, 1.807) is 12.1 Å². The van der Waals surface area contributed by atoms with Crippen LogP contribution < -0.4 is 5.73 Å². The van der Waals surface area contributed by atoms with Crippen LogP contribution >= 0.6 is 0 Å². The van der Waals surface area contributed by atoms with E-state index in [1.807, 2.05) is 49.4 Å². The summed E-state index contributed by atoms with van der Waals surface area (Å²) in [6.07, 6.45) is 9.60. The van der Waals surface area contributed by atoms with Crippen molar-refractivity contribution in [2.24, 2.45) is 5.73 Å². The van der Waals surface area contributed by atoms with Crippen molar-refractivity contribution >= 4 is 16.9 Å². The van der Waals surface area contributed by atoms with Gasteiger partial charge in [0.25, 0.3) is 0 Å². The molecule has 5 nitrogen and oxygen atoms in total. The summed E-state index contributed by atoms with van der Waals surface area (Å²) in [4.78, 5) is 12.5. The number of Topliss-reactive ketones (excluding diaryl/α,β-unsaturated/α-hetero) is 1. The summed E-state index contributed by atoms with van der Waals surface area (Å²) in [5, 5.41) is 0. The molecule has 1 aromatic rings. The Morgan fingerprint density at radius 1 is 1.28 bits per heavy atom. The number of ketones is 1. The van der Waals surface area contributed by atoms with Crippen LogP contribution in [0.2, 0.25) is 0 Å². The molecule has 0 amide bonds. The van der Waals surface area contributed by atoms with E-state index >= 15 is 0 Å². The molecule has 0 radical (unpaired) electrons. The maximum atomic E-state index is 12.5. The number of aryl methyl sites for hydroxylation is 1. The molecule has 6 heteroatoms. The number of hydrogen-bond acceptors (Lipinski definition) is 5. The van der Waals surface area contributed by atoms with Crippen molar-refractivity contribution in [1.29, 1.82) is 0 Å². The summed E-state index contributed by atoms with van der Waals surface area (Å²) < 4.78 is 23.0. The maximum absolute atomic E-state index is 12.5. The van der Waals surface area contributed by atoms with Gasteiger partial charge in [-0.15, -0.1) is 0 Å². The van der Waals surface area contributed by atoms with Gasteiger partial charge in [0.15, 0.2) is 6.10 Å². The molecule has 0 bridgehead atoms. The summed E-state index contributed by atoms with van der Waals surface area (Å²) in [6.45, 7) is 1.96. The van der Waals surface area contributed by atoms with Gasteiger partial charge in [0.05, 0.1) is 5.75 Å². The fraction of sp³-hybridized carbons (Fsp3) is 0.211. The van der Waals surface area contributed by atoms with Crippen molar-refractivity contribution in [3.05, 3.63) is 83.0 Å². The van der Waals surface area contributed by atoms with Crippen LogP contribution in [0.3, 0.4) is 0 Å². The molecule has 2 atom stereocenters. The number of carbonyl (C=O) groups excluding carboxylic acids is 1. The van der Waals surface area contributed by atoms with E-state index in [-0.39, 0.29) is 17.4 Å². The lowest BCUT2D eigenvalue weighted by Gasteiger charge is -2.10. The molecule has 2 aliphatic rings. The second-order valence-corrected chi connectivity index (χ2v) is 6.87. The molecule has 1 aliphatic heterocycles. The Hall–Kier alpha value is -2.60. The Bertz CT molecular complexity index is 818. The van der Waals surface area contributed by atoms with E-state index in [1.165, 1.54) is 0 Å². The Balaban J connectivity index is 1.68. The first-order chi connectivity index (χ1) is 12.0. The van der Waals surface area contributed by atoms with Gasteiger partial charge in [-0.1, -0.05) is 60.2 Å². The highest BCUT2D eigenvalue weighted by atomic mass is 32.2. The molecule has 130 valence electrons. The quantitative estimate of drug-likeness (QED) is 0.877.